The molecule has 6 nitrogen and oxygen atoms in total. The molecule has 0 saturated carbocycles. The molecule has 0 spiro atoms. The van der Waals surface area contributed by atoms with Crippen molar-refractivity contribution >= 4 is 11.9 Å². The number of urea groups is 1. The summed E-state index contributed by atoms with van der Waals surface area (Å²) in [6.45, 7) is 1.06. The van der Waals surface area contributed by atoms with Gasteiger partial charge in [0.15, 0.2) is 0 Å². The molecule has 0 radical (unpaired) electrons. The molecule has 0 bridgehead atoms. The molecule has 2 aliphatic heterocycles. The van der Waals surface area contributed by atoms with Crippen molar-refractivity contribution in [3.63, 3.8) is 0 Å². The standard InChI is InChI=1S/C19H19N3O3/c1-21-14-12-22(10-9-13-6-3-2-4-7-13)18(23)16(14)17(20-19(21)24)15-8-5-11-25-15/h2-8,11,17H,9-10,12H2,1H3,(H,20,24). The minimum atomic E-state index is -0.525. The second-order valence-electron chi connectivity index (χ2n) is 6.28. The van der Waals surface area contributed by atoms with E-state index in [2.05, 4.69) is 17.4 Å². The fraction of sp³-hybridized carbons (Fsp3) is 0.263. The lowest BCUT2D eigenvalue weighted by atomic mass is 10.0. The number of carbonyl (C=O) groups is 2. The van der Waals surface area contributed by atoms with Crippen LogP contribution in [0.5, 0.6) is 0 Å². The number of carbonyl (C=O) groups excluding carboxylic acids is 2. The number of nitrogens with zero attached hydrogens (tertiary/aromatic N) is 2. The average Bonchev–Trinajstić information content (AvgIpc) is 3.26. The highest BCUT2D eigenvalue weighted by Crippen LogP contribution is 2.35. The number of benzene rings is 1. The molecule has 6 heteroatoms. The molecule has 1 unspecified atom stereocenters. The Hall–Kier alpha value is -3.02. The molecule has 0 aliphatic carbocycles. The van der Waals surface area contributed by atoms with Gasteiger partial charge in [-0.05, 0) is 24.1 Å². The van der Waals surface area contributed by atoms with Gasteiger partial charge in [0.2, 0.25) is 0 Å². The topological polar surface area (TPSA) is 65.8 Å². The first-order valence-electron chi connectivity index (χ1n) is 8.29. The number of amides is 3. The number of rotatable bonds is 4. The van der Waals surface area contributed by atoms with Crippen molar-refractivity contribution in [3.8, 4) is 0 Å². The lowest BCUT2D eigenvalue weighted by molar-refractivity contribution is -0.125. The molecule has 128 valence electrons. The van der Waals surface area contributed by atoms with Gasteiger partial charge in [-0.15, -0.1) is 0 Å². The van der Waals surface area contributed by atoms with Crippen molar-refractivity contribution in [2.45, 2.75) is 12.5 Å². The Morgan fingerprint density at radius 1 is 1.16 bits per heavy atom. The third-order valence-corrected chi connectivity index (χ3v) is 4.78. The van der Waals surface area contributed by atoms with E-state index in [9.17, 15) is 9.59 Å². The predicted octanol–water partition coefficient (Wildman–Crippen LogP) is 2.31. The molecule has 3 heterocycles. The van der Waals surface area contributed by atoms with E-state index in [0.717, 1.165) is 12.1 Å². The minimum absolute atomic E-state index is 0.0424. The molecule has 1 aromatic carbocycles. The van der Waals surface area contributed by atoms with Gasteiger partial charge in [-0.2, -0.15) is 0 Å². The molecule has 1 aromatic heterocycles. The molecule has 2 aliphatic rings. The van der Waals surface area contributed by atoms with Crippen molar-refractivity contribution in [1.82, 2.24) is 15.1 Å². The summed E-state index contributed by atoms with van der Waals surface area (Å²) in [7, 11) is 1.69. The molecular weight excluding hydrogens is 318 g/mol. The van der Waals surface area contributed by atoms with Crippen LogP contribution in [-0.2, 0) is 11.2 Å². The molecule has 25 heavy (non-hydrogen) atoms. The van der Waals surface area contributed by atoms with Gasteiger partial charge in [-0.1, -0.05) is 30.3 Å². The largest absolute Gasteiger partial charge is 0.467 e. The molecule has 2 aromatic rings. The Kier molecular flexibility index (Phi) is 3.80. The molecule has 4 rings (SSSR count). The van der Waals surface area contributed by atoms with E-state index in [-0.39, 0.29) is 11.9 Å². The third-order valence-electron chi connectivity index (χ3n) is 4.78. The molecule has 0 fully saturated rings. The van der Waals surface area contributed by atoms with Gasteiger partial charge < -0.3 is 14.6 Å². The highest BCUT2D eigenvalue weighted by molar-refractivity contribution is 6.01. The number of hydrogen-bond donors (Lipinski definition) is 1. The number of likely N-dealkylation sites (N-methyl/N-ethyl adjacent to an activating group) is 1. The summed E-state index contributed by atoms with van der Waals surface area (Å²) in [4.78, 5) is 28.5. The van der Waals surface area contributed by atoms with E-state index in [1.807, 2.05) is 18.2 Å². The van der Waals surface area contributed by atoms with Crippen LogP contribution in [0.4, 0.5) is 4.79 Å². The van der Waals surface area contributed by atoms with Crippen molar-refractivity contribution in [2.24, 2.45) is 0 Å². The van der Waals surface area contributed by atoms with Crippen molar-refractivity contribution in [2.75, 3.05) is 20.1 Å². The summed E-state index contributed by atoms with van der Waals surface area (Å²) in [6, 6.07) is 12.9. The monoisotopic (exact) mass is 337 g/mol. The quantitative estimate of drug-likeness (QED) is 0.931. The smallest absolute Gasteiger partial charge is 0.322 e. The van der Waals surface area contributed by atoms with Gasteiger partial charge in [0.05, 0.1) is 24.1 Å². The van der Waals surface area contributed by atoms with Gasteiger partial charge in [0, 0.05) is 13.6 Å². The van der Waals surface area contributed by atoms with Gasteiger partial charge >= 0.3 is 6.03 Å². The zero-order valence-corrected chi connectivity index (χ0v) is 13.9. The van der Waals surface area contributed by atoms with Crippen molar-refractivity contribution in [3.05, 3.63) is 71.3 Å². The second-order valence-corrected chi connectivity index (χ2v) is 6.28. The van der Waals surface area contributed by atoms with Gasteiger partial charge in [0.1, 0.15) is 11.8 Å². The Labute approximate surface area is 145 Å². The van der Waals surface area contributed by atoms with Crippen LogP contribution in [0.15, 0.2) is 64.4 Å². The molecule has 1 atom stereocenters. The van der Waals surface area contributed by atoms with E-state index in [0.29, 0.717) is 24.4 Å². The fourth-order valence-electron chi connectivity index (χ4n) is 3.38. The number of hydrogen-bond acceptors (Lipinski definition) is 3. The maximum atomic E-state index is 13.0. The maximum absolute atomic E-state index is 13.0. The number of nitrogens with one attached hydrogen (secondary N) is 1. The lowest BCUT2D eigenvalue weighted by Crippen LogP contribution is -2.45. The van der Waals surface area contributed by atoms with E-state index < -0.39 is 6.04 Å². The average molecular weight is 337 g/mol. The normalized spacial score (nSPS) is 20.1. The zero-order valence-electron chi connectivity index (χ0n) is 13.9. The number of furan rings is 1. The first-order chi connectivity index (χ1) is 12.1. The van der Waals surface area contributed by atoms with Crippen LogP contribution in [0.3, 0.4) is 0 Å². The summed E-state index contributed by atoms with van der Waals surface area (Å²) >= 11 is 0. The van der Waals surface area contributed by atoms with Crippen LogP contribution in [-0.4, -0.2) is 41.9 Å². The first-order valence-corrected chi connectivity index (χ1v) is 8.29. The fourth-order valence-corrected chi connectivity index (χ4v) is 3.38. The summed E-state index contributed by atoms with van der Waals surface area (Å²) in [5, 5.41) is 2.85. The Balaban J connectivity index is 1.57. The first kappa shape index (κ1) is 15.5. The van der Waals surface area contributed by atoms with Crippen LogP contribution in [0.1, 0.15) is 17.4 Å². The summed E-state index contributed by atoms with van der Waals surface area (Å²) in [6.07, 6.45) is 2.33. The van der Waals surface area contributed by atoms with Crippen LogP contribution in [0.2, 0.25) is 0 Å². The van der Waals surface area contributed by atoms with E-state index in [1.54, 1.807) is 30.3 Å². The van der Waals surface area contributed by atoms with Crippen LogP contribution >= 0.6 is 0 Å². The summed E-state index contributed by atoms with van der Waals surface area (Å²) < 4.78 is 5.44. The summed E-state index contributed by atoms with van der Waals surface area (Å²) in [5.41, 5.74) is 2.54. The molecule has 1 N–H and O–H groups in total. The molecular formula is C19H19N3O3. The highest BCUT2D eigenvalue weighted by atomic mass is 16.3. The van der Waals surface area contributed by atoms with Crippen LogP contribution in [0.25, 0.3) is 0 Å². The minimum Gasteiger partial charge on any atom is -0.467 e. The Morgan fingerprint density at radius 3 is 2.68 bits per heavy atom. The van der Waals surface area contributed by atoms with E-state index in [4.69, 9.17) is 4.42 Å². The van der Waals surface area contributed by atoms with Gasteiger partial charge in [-0.25, -0.2) is 4.79 Å². The highest BCUT2D eigenvalue weighted by Gasteiger charge is 2.43. The van der Waals surface area contributed by atoms with Gasteiger partial charge in [0.25, 0.3) is 5.91 Å². The van der Waals surface area contributed by atoms with Crippen molar-refractivity contribution < 1.29 is 14.0 Å². The van der Waals surface area contributed by atoms with Gasteiger partial charge in [-0.3, -0.25) is 9.69 Å². The second kappa shape index (κ2) is 6.12. The SMILES string of the molecule is CN1C(=O)NC(c2ccco2)C2=C1CN(CCc1ccccc1)C2=O. The maximum Gasteiger partial charge on any atom is 0.322 e. The Morgan fingerprint density at radius 2 is 1.96 bits per heavy atom. The molecule has 3 amide bonds. The van der Waals surface area contributed by atoms with E-state index >= 15 is 0 Å². The summed E-state index contributed by atoms with van der Waals surface area (Å²) in [5.74, 6) is 0.534. The third kappa shape index (κ3) is 2.69. The van der Waals surface area contributed by atoms with Crippen LogP contribution < -0.4 is 5.32 Å². The Bertz CT molecular complexity index is 827. The molecule has 0 saturated heterocycles. The lowest BCUT2D eigenvalue weighted by Gasteiger charge is -2.29. The zero-order chi connectivity index (χ0) is 17.4. The van der Waals surface area contributed by atoms with Crippen molar-refractivity contribution in [1.29, 1.82) is 0 Å². The predicted molar refractivity (Wildman–Crippen MR) is 91.5 cm³/mol. The van der Waals surface area contributed by atoms with E-state index in [1.165, 1.54) is 10.5 Å². The van der Waals surface area contributed by atoms with Crippen LogP contribution in [0, 0.1) is 0 Å².